The van der Waals surface area contributed by atoms with Gasteiger partial charge in [0.15, 0.2) is 0 Å². The summed E-state index contributed by atoms with van der Waals surface area (Å²) in [6.07, 6.45) is 0. The molecule has 0 aliphatic carbocycles. The molecule has 3 aromatic rings. The number of nitrogen functional groups attached to an aromatic ring is 1. The van der Waals surface area contributed by atoms with Gasteiger partial charge in [-0.2, -0.15) is 8.42 Å². The van der Waals surface area contributed by atoms with E-state index in [1.54, 1.807) is 48.5 Å². The van der Waals surface area contributed by atoms with Gasteiger partial charge in [-0.1, -0.05) is 48.0 Å². The summed E-state index contributed by atoms with van der Waals surface area (Å²) in [4.78, 5) is -0.277. The van der Waals surface area contributed by atoms with E-state index in [0.717, 1.165) is 0 Å². The second-order valence-corrected chi connectivity index (χ2v) is 6.78. The van der Waals surface area contributed by atoms with Crippen molar-refractivity contribution in [2.75, 3.05) is 5.73 Å². The first-order chi connectivity index (χ1) is 11.4. The van der Waals surface area contributed by atoms with E-state index in [9.17, 15) is 13.0 Å². The maximum atomic E-state index is 11.7. The Balaban J connectivity index is 0.00000225. The summed E-state index contributed by atoms with van der Waals surface area (Å²) in [5, 5.41) is 9.18. The molecule has 3 N–H and O–H groups in total. The Labute approximate surface area is 171 Å². The van der Waals surface area contributed by atoms with Gasteiger partial charge < -0.3 is 5.73 Å². The van der Waals surface area contributed by atoms with Crippen molar-refractivity contribution in [3.05, 3.63) is 59.6 Å². The van der Waals surface area contributed by atoms with Crippen LogP contribution in [0.25, 0.3) is 10.8 Å². The minimum atomic E-state index is -4.44. The van der Waals surface area contributed by atoms with Crippen molar-refractivity contribution >= 4 is 79.1 Å². The van der Waals surface area contributed by atoms with Crippen molar-refractivity contribution in [3.8, 4) is 0 Å². The van der Waals surface area contributed by atoms with Crippen LogP contribution in [-0.2, 0) is 10.1 Å². The topological polar surface area (TPSA) is 105 Å². The molecule has 0 saturated heterocycles. The standard InChI is InChI=1S/C16H12ClN3O3S.Na.H/c17-12-7-3-4-8-13(12)19-20-14-9-15(24(21,22)23)10-5-1-2-6-11(10)16(14)18;;/h1-9H,18H2,(H,21,22,23);;/b20-19+;;. The van der Waals surface area contributed by atoms with E-state index in [-0.39, 0.29) is 45.8 Å². The van der Waals surface area contributed by atoms with Crippen molar-refractivity contribution in [1.82, 2.24) is 0 Å². The Morgan fingerprint density at radius 1 is 0.920 bits per heavy atom. The van der Waals surface area contributed by atoms with Gasteiger partial charge in [-0.25, -0.2) is 0 Å². The third kappa shape index (κ3) is 4.20. The second kappa shape index (κ2) is 7.82. The second-order valence-electron chi connectivity index (χ2n) is 4.98. The van der Waals surface area contributed by atoms with E-state index < -0.39 is 10.1 Å². The Hall–Kier alpha value is -1.48. The van der Waals surface area contributed by atoms with Crippen LogP contribution in [-0.4, -0.2) is 42.5 Å². The molecule has 0 heterocycles. The van der Waals surface area contributed by atoms with Gasteiger partial charge in [0.05, 0.1) is 10.7 Å². The van der Waals surface area contributed by atoms with Gasteiger partial charge in [0.1, 0.15) is 16.3 Å². The molecular weight excluding hydrogens is 373 g/mol. The van der Waals surface area contributed by atoms with Crippen LogP contribution < -0.4 is 5.73 Å². The van der Waals surface area contributed by atoms with E-state index in [1.807, 2.05) is 0 Å². The number of hydrogen-bond donors (Lipinski definition) is 2. The van der Waals surface area contributed by atoms with Gasteiger partial charge >= 0.3 is 29.6 Å². The quantitative estimate of drug-likeness (QED) is 0.306. The van der Waals surface area contributed by atoms with Crippen molar-refractivity contribution in [2.45, 2.75) is 4.90 Å². The molecule has 0 spiro atoms. The molecule has 6 nitrogen and oxygen atoms in total. The Morgan fingerprint density at radius 2 is 1.48 bits per heavy atom. The van der Waals surface area contributed by atoms with Crippen molar-refractivity contribution in [1.29, 1.82) is 0 Å². The number of azo groups is 1. The van der Waals surface area contributed by atoms with Gasteiger partial charge in [0.25, 0.3) is 10.1 Å². The molecule has 124 valence electrons. The van der Waals surface area contributed by atoms with Crippen LogP contribution in [0.15, 0.2) is 69.7 Å². The maximum absolute atomic E-state index is 11.7. The minimum absolute atomic E-state index is 0. The molecule has 0 unspecified atom stereocenters. The normalized spacial score (nSPS) is 11.6. The zero-order valence-electron chi connectivity index (χ0n) is 12.2. The monoisotopic (exact) mass is 385 g/mol. The average molecular weight is 386 g/mol. The fourth-order valence-electron chi connectivity index (χ4n) is 2.29. The van der Waals surface area contributed by atoms with Gasteiger partial charge in [-0.3, -0.25) is 4.55 Å². The van der Waals surface area contributed by atoms with Crippen LogP contribution in [0.4, 0.5) is 17.1 Å². The predicted molar refractivity (Wildman–Crippen MR) is 101 cm³/mol. The summed E-state index contributed by atoms with van der Waals surface area (Å²) in [6.45, 7) is 0. The van der Waals surface area contributed by atoms with E-state index in [4.69, 9.17) is 17.3 Å². The molecule has 0 bridgehead atoms. The van der Waals surface area contributed by atoms with Gasteiger partial charge in [0.2, 0.25) is 0 Å². The molecule has 0 aliphatic heterocycles. The molecule has 3 rings (SSSR count). The molecule has 0 aliphatic rings. The zero-order chi connectivity index (χ0) is 17.3. The molecule has 0 fully saturated rings. The number of halogens is 1. The summed E-state index contributed by atoms with van der Waals surface area (Å²) in [5.74, 6) is 0. The van der Waals surface area contributed by atoms with Crippen LogP contribution in [0.3, 0.4) is 0 Å². The Bertz CT molecular complexity index is 1070. The molecule has 0 saturated carbocycles. The molecular formula is C16H13ClN3NaO3S. The Morgan fingerprint density at radius 3 is 2.12 bits per heavy atom. The molecule has 0 amide bonds. The Kier molecular flexibility index (Phi) is 6.21. The molecule has 0 atom stereocenters. The summed E-state index contributed by atoms with van der Waals surface area (Å²) >= 11 is 6.01. The first-order valence-corrected chi connectivity index (χ1v) is 8.64. The number of benzene rings is 3. The number of nitrogens with two attached hydrogens (primary N) is 1. The average Bonchev–Trinajstić information content (AvgIpc) is 2.54. The first-order valence-electron chi connectivity index (χ1n) is 6.83. The number of anilines is 1. The molecule has 25 heavy (non-hydrogen) atoms. The molecule has 0 aromatic heterocycles. The van der Waals surface area contributed by atoms with Gasteiger partial charge in [0, 0.05) is 10.8 Å². The summed E-state index contributed by atoms with van der Waals surface area (Å²) in [6, 6.07) is 14.6. The van der Waals surface area contributed by atoms with Gasteiger partial charge in [-0.15, -0.1) is 10.2 Å². The van der Waals surface area contributed by atoms with E-state index in [0.29, 0.717) is 21.5 Å². The van der Waals surface area contributed by atoms with E-state index >= 15 is 0 Å². The zero-order valence-corrected chi connectivity index (χ0v) is 13.8. The number of fused-ring (bicyclic) bond motifs is 1. The summed E-state index contributed by atoms with van der Waals surface area (Å²) < 4.78 is 32.8. The van der Waals surface area contributed by atoms with Crippen molar-refractivity contribution in [3.63, 3.8) is 0 Å². The summed E-state index contributed by atoms with van der Waals surface area (Å²) in [7, 11) is -4.44. The fraction of sp³-hybridized carbons (Fsp3) is 0. The van der Waals surface area contributed by atoms with E-state index in [1.165, 1.54) is 6.07 Å². The van der Waals surface area contributed by atoms with E-state index in [2.05, 4.69) is 10.2 Å². The third-order valence-corrected chi connectivity index (χ3v) is 4.64. The number of hydrogen-bond acceptors (Lipinski definition) is 5. The van der Waals surface area contributed by atoms with Crippen molar-refractivity contribution < 1.29 is 13.0 Å². The van der Waals surface area contributed by atoms with Crippen LogP contribution in [0.5, 0.6) is 0 Å². The van der Waals surface area contributed by atoms with Crippen LogP contribution >= 0.6 is 11.6 Å². The number of rotatable bonds is 3. The third-order valence-electron chi connectivity index (χ3n) is 3.42. The van der Waals surface area contributed by atoms with Gasteiger partial charge in [-0.05, 0) is 18.2 Å². The molecule has 3 aromatic carbocycles. The SMILES string of the molecule is Nc1c(/N=N/c2ccccc2Cl)cc(S(=O)(=O)O)c2ccccc12.[NaH]. The summed E-state index contributed by atoms with van der Waals surface area (Å²) in [5.41, 5.74) is 6.87. The van der Waals surface area contributed by atoms with Crippen LogP contribution in [0.1, 0.15) is 0 Å². The van der Waals surface area contributed by atoms with Crippen molar-refractivity contribution in [2.24, 2.45) is 10.2 Å². The fourth-order valence-corrected chi connectivity index (χ4v) is 3.18. The van der Waals surface area contributed by atoms with Crippen LogP contribution in [0, 0.1) is 0 Å². The molecule has 0 radical (unpaired) electrons. The molecule has 9 heteroatoms. The van der Waals surface area contributed by atoms with Crippen LogP contribution in [0.2, 0.25) is 5.02 Å². The first kappa shape index (κ1) is 19.8. The predicted octanol–water partition coefficient (Wildman–Crippen LogP) is 4.09. The number of nitrogens with zero attached hydrogens (tertiary/aromatic N) is 2.